The molecule has 156 valence electrons. The van der Waals surface area contributed by atoms with Crippen LogP contribution in [0, 0.1) is 0 Å². The first kappa shape index (κ1) is 20.0. The molecule has 7 nitrogen and oxygen atoms in total. The van der Waals surface area contributed by atoms with Gasteiger partial charge in [-0.25, -0.2) is 13.4 Å². The Bertz CT molecular complexity index is 1240. The molecule has 1 N–H and O–H groups in total. The summed E-state index contributed by atoms with van der Waals surface area (Å²) in [5.74, 6) is 0.384. The number of carbonyl (C=O) groups excluding carboxylic acids is 1. The second kappa shape index (κ2) is 7.61. The van der Waals surface area contributed by atoms with Gasteiger partial charge in [0.25, 0.3) is 10.0 Å². The smallest absolute Gasteiger partial charge is 0.253 e. The number of para-hydroxylation sites is 1. The third-order valence-corrected chi connectivity index (χ3v) is 9.60. The van der Waals surface area contributed by atoms with Gasteiger partial charge in [-0.3, -0.25) is 4.79 Å². The van der Waals surface area contributed by atoms with Crippen molar-refractivity contribution < 1.29 is 17.9 Å². The largest absolute Gasteiger partial charge is 0.487 e. The lowest BCUT2D eigenvalue weighted by molar-refractivity contribution is -0.119. The Morgan fingerprint density at radius 2 is 2.07 bits per heavy atom. The predicted octanol–water partition coefficient (Wildman–Crippen LogP) is 4.21. The number of thiophene rings is 1. The molecular formula is C19H16ClN3O4S3. The van der Waals surface area contributed by atoms with Gasteiger partial charge in [-0.15, -0.1) is 11.3 Å². The first-order valence-electron chi connectivity index (χ1n) is 9.23. The van der Waals surface area contributed by atoms with Gasteiger partial charge in [0.1, 0.15) is 22.6 Å². The van der Waals surface area contributed by atoms with Crippen LogP contribution in [0.5, 0.6) is 5.75 Å². The highest BCUT2D eigenvalue weighted by atomic mass is 35.5. The summed E-state index contributed by atoms with van der Waals surface area (Å²) in [4.78, 5) is 18.5. The first-order valence-corrected chi connectivity index (χ1v) is 12.7. The molecule has 0 saturated carbocycles. The Labute approximate surface area is 186 Å². The predicted molar refractivity (Wildman–Crippen MR) is 117 cm³/mol. The van der Waals surface area contributed by atoms with Crippen molar-refractivity contribution in [3.05, 3.63) is 45.6 Å². The van der Waals surface area contributed by atoms with E-state index in [0.717, 1.165) is 33.2 Å². The van der Waals surface area contributed by atoms with Crippen molar-refractivity contribution >= 4 is 55.3 Å². The van der Waals surface area contributed by atoms with Gasteiger partial charge in [0.05, 0.1) is 14.9 Å². The van der Waals surface area contributed by atoms with Crippen LogP contribution >= 0.6 is 34.3 Å². The number of nitrogens with zero attached hydrogens (tertiary/aromatic N) is 2. The quantitative estimate of drug-likeness (QED) is 0.603. The number of sulfonamides is 1. The van der Waals surface area contributed by atoms with E-state index in [9.17, 15) is 13.2 Å². The normalized spacial score (nSPS) is 18.5. The summed E-state index contributed by atoms with van der Waals surface area (Å²) in [5.41, 5.74) is 1.68. The minimum absolute atomic E-state index is 0.144. The van der Waals surface area contributed by atoms with E-state index >= 15 is 0 Å². The van der Waals surface area contributed by atoms with Crippen LogP contribution < -0.4 is 10.1 Å². The summed E-state index contributed by atoms with van der Waals surface area (Å²) in [6.45, 7) is 0.689. The molecule has 2 aromatic heterocycles. The van der Waals surface area contributed by atoms with Gasteiger partial charge < -0.3 is 10.1 Å². The van der Waals surface area contributed by atoms with Gasteiger partial charge in [0.15, 0.2) is 5.13 Å². The Balaban J connectivity index is 1.38. The summed E-state index contributed by atoms with van der Waals surface area (Å²) < 4.78 is 33.5. The van der Waals surface area contributed by atoms with Crippen LogP contribution in [0.2, 0.25) is 4.34 Å². The average molecular weight is 482 g/mol. The summed E-state index contributed by atoms with van der Waals surface area (Å²) in [6.07, 6.45) is 1.08. The van der Waals surface area contributed by atoms with Gasteiger partial charge in [0.2, 0.25) is 5.91 Å². The fraction of sp³-hybridized carbons (Fsp3) is 0.263. The molecule has 0 bridgehead atoms. The number of amides is 1. The number of aromatic nitrogens is 1. The highest BCUT2D eigenvalue weighted by Crippen LogP contribution is 2.41. The summed E-state index contributed by atoms with van der Waals surface area (Å²) in [6, 6.07) is 9.86. The lowest BCUT2D eigenvalue weighted by Gasteiger charge is -2.22. The highest BCUT2D eigenvalue weighted by molar-refractivity contribution is 7.91. The summed E-state index contributed by atoms with van der Waals surface area (Å²) in [7, 11) is -3.78. The van der Waals surface area contributed by atoms with Crippen LogP contribution in [0.15, 0.2) is 40.6 Å². The van der Waals surface area contributed by atoms with E-state index in [0.29, 0.717) is 35.5 Å². The van der Waals surface area contributed by atoms with Crippen molar-refractivity contribution in [1.82, 2.24) is 9.29 Å². The molecule has 0 spiro atoms. The molecule has 3 aromatic rings. The molecule has 5 rings (SSSR count). The minimum Gasteiger partial charge on any atom is -0.487 e. The van der Waals surface area contributed by atoms with E-state index in [-0.39, 0.29) is 10.1 Å². The van der Waals surface area contributed by atoms with Gasteiger partial charge in [0, 0.05) is 12.1 Å². The van der Waals surface area contributed by atoms with Crippen molar-refractivity contribution in [3.8, 4) is 17.0 Å². The molecule has 2 aliphatic heterocycles. The van der Waals surface area contributed by atoms with E-state index < -0.39 is 16.1 Å². The zero-order valence-corrected chi connectivity index (χ0v) is 18.7. The van der Waals surface area contributed by atoms with E-state index in [1.165, 1.54) is 21.7 Å². The molecule has 30 heavy (non-hydrogen) atoms. The van der Waals surface area contributed by atoms with Crippen LogP contribution in [0.4, 0.5) is 5.13 Å². The molecule has 1 unspecified atom stereocenters. The fourth-order valence-corrected chi connectivity index (χ4v) is 7.84. The van der Waals surface area contributed by atoms with Crippen LogP contribution in [-0.2, 0) is 21.4 Å². The van der Waals surface area contributed by atoms with Crippen LogP contribution in [0.25, 0.3) is 11.3 Å². The summed E-state index contributed by atoms with van der Waals surface area (Å²) >= 11 is 8.24. The van der Waals surface area contributed by atoms with Crippen molar-refractivity contribution in [1.29, 1.82) is 0 Å². The number of ether oxygens (including phenoxy) is 1. The average Bonchev–Trinajstić information content (AvgIpc) is 3.47. The monoisotopic (exact) mass is 481 g/mol. The molecule has 2 aliphatic rings. The number of benzene rings is 1. The minimum atomic E-state index is -3.78. The Kier molecular flexibility index (Phi) is 5.06. The molecule has 1 fully saturated rings. The maximum absolute atomic E-state index is 13.0. The Morgan fingerprint density at radius 3 is 2.87 bits per heavy atom. The number of halogens is 1. The first-order chi connectivity index (χ1) is 14.4. The van der Waals surface area contributed by atoms with Gasteiger partial charge in [-0.05, 0) is 37.1 Å². The zero-order valence-electron chi connectivity index (χ0n) is 15.5. The lowest BCUT2D eigenvalue weighted by Crippen LogP contribution is -2.42. The van der Waals surface area contributed by atoms with Crippen LogP contribution in [0.3, 0.4) is 0 Å². The van der Waals surface area contributed by atoms with Crippen molar-refractivity contribution in [2.24, 2.45) is 0 Å². The van der Waals surface area contributed by atoms with E-state index in [1.54, 1.807) is 6.07 Å². The summed E-state index contributed by atoms with van der Waals surface area (Å²) in [5, 5.41) is 3.25. The van der Waals surface area contributed by atoms with Crippen LogP contribution in [0.1, 0.15) is 17.7 Å². The Morgan fingerprint density at radius 1 is 1.23 bits per heavy atom. The number of fused-ring (bicyclic) bond motifs is 3. The maximum atomic E-state index is 13.0. The van der Waals surface area contributed by atoms with E-state index in [2.05, 4.69) is 10.3 Å². The molecule has 1 aromatic carbocycles. The van der Waals surface area contributed by atoms with Gasteiger partial charge in [-0.1, -0.05) is 35.1 Å². The zero-order chi connectivity index (χ0) is 20.9. The lowest BCUT2D eigenvalue weighted by atomic mass is 10.1. The molecule has 0 aliphatic carbocycles. The highest BCUT2D eigenvalue weighted by Gasteiger charge is 2.40. The molecular weight excluding hydrogens is 466 g/mol. The van der Waals surface area contributed by atoms with Gasteiger partial charge in [-0.2, -0.15) is 4.31 Å². The Hall–Kier alpha value is -1.98. The number of carbonyl (C=O) groups is 1. The molecule has 11 heteroatoms. The van der Waals surface area contributed by atoms with Crippen molar-refractivity contribution in [2.45, 2.75) is 29.7 Å². The second-order valence-electron chi connectivity index (χ2n) is 6.90. The topological polar surface area (TPSA) is 88.6 Å². The maximum Gasteiger partial charge on any atom is 0.253 e. The third-order valence-electron chi connectivity index (χ3n) is 5.05. The number of nitrogens with one attached hydrogen (secondary N) is 1. The van der Waals surface area contributed by atoms with E-state index in [4.69, 9.17) is 16.3 Å². The number of rotatable bonds is 4. The van der Waals surface area contributed by atoms with Gasteiger partial charge >= 0.3 is 0 Å². The van der Waals surface area contributed by atoms with Crippen molar-refractivity contribution in [3.63, 3.8) is 0 Å². The molecule has 1 atom stereocenters. The third kappa shape index (κ3) is 3.42. The van der Waals surface area contributed by atoms with E-state index in [1.807, 2.05) is 24.3 Å². The molecule has 4 heterocycles. The fourth-order valence-electron chi connectivity index (χ4n) is 3.68. The van der Waals surface area contributed by atoms with Crippen LogP contribution in [-0.4, -0.2) is 36.2 Å². The number of thiazole rings is 1. The number of hydrogen-bond donors (Lipinski definition) is 1. The number of anilines is 1. The standard InChI is InChI=1S/C19H16ClN3O4S3/c20-15-7-8-16(29-15)30(25,26)23-9-3-5-12(23)18(24)22-19-21-17-11-4-1-2-6-13(11)27-10-14(17)28-19/h1-2,4,6-8,12H,3,5,9-10H2,(H,21,22,24). The second-order valence-corrected chi connectivity index (χ2v) is 11.8. The number of hydrogen-bond acceptors (Lipinski definition) is 7. The molecule has 0 radical (unpaired) electrons. The molecule has 1 amide bonds. The SMILES string of the molecule is O=C(Nc1nc2c(s1)COc1ccccc1-2)C1CCCN1S(=O)(=O)c1ccc(Cl)s1. The van der Waals surface area contributed by atoms with Crippen molar-refractivity contribution in [2.75, 3.05) is 11.9 Å². The molecule has 1 saturated heterocycles.